The van der Waals surface area contributed by atoms with Crippen LogP contribution in [0.25, 0.3) is 0 Å². The molecule has 0 saturated carbocycles. The zero-order valence-corrected chi connectivity index (χ0v) is 13.1. The highest BCUT2D eigenvalue weighted by molar-refractivity contribution is 5.80. The van der Waals surface area contributed by atoms with Gasteiger partial charge in [-0.1, -0.05) is 12.1 Å². The van der Waals surface area contributed by atoms with Gasteiger partial charge in [0.25, 0.3) is 0 Å². The lowest BCUT2D eigenvalue weighted by atomic mass is 10.1. The van der Waals surface area contributed by atoms with E-state index in [9.17, 15) is 9.59 Å². The lowest BCUT2D eigenvalue weighted by molar-refractivity contribution is -0.138. The Kier molecular flexibility index (Phi) is 5.75. The van der Waals surface area contributed by atoms with E-state index in [1.807, 2.05) is 20.8 Å². The van der Waals surface area contributed by atoms with E-state index < -0.39 is 12.0 Å². The van der Waals surface area contributed by atoms with Crippen molar-refractivity contribution < 1.29 is 19.2 Å². The lowest BCUT2D eigenvalue weighted by Gasteiger charge is -2.28. The van der Waals surface area contributed by atoms with Crippen LogP contribution in [0.1, 0.15) is 50.3 Å². The largest absolute Gasteiger partial charge is 0.480 e. The van der Waals surface area contributed by atoms with Gasteiger partial charge >= 0.3 is 12.0 Å². The van der Waals surface area contributed by atoms with Gasteiger partial charge in [-0.2, -0.15) is 0 Å². The molecule has 118 valence electrons. The van der Waals surface area contributed by atoms with Gasteiger partial charge in [0, 0.05) is 11.6 Å². The van der Waals surface area contributed by atoms with Crippen LogP contribution in [-0.4, -0.2) is 39.8 Å². The molecule has 21 heavy (non-hydrogen) atoms. The first-order valence-corrected chi connectivity index (χ1v) is 6.99. The van der Waals surface area contributed by atoms with E-state index in [0.717, 1.165) is 5.56 Å². The molecule has 0 spiro atoms. The smallest absolute Gasteiger partial charge is 0.323 e. The molecular formula is C14H23N3O4. The summed E-state index contributed by atoms with van der Waals surface area (Å²) in [6, 6.07) is -0.860. The summed E-state index contributed by atoms with van der Waals surface area (Å²) in [4.78, 5) is 24.5. The minimum atomic E-state index is -1.03. The van der Waals surface area contributed by atoms with Crippen LogP contribution in [0.5, 0.6) is 0 Å². The number of carboxylic acid groups (broad SMARTS) is 1. The molecule has 0 bridgehead atoms. The first-order chi connectivity index (χ1) is 9.77. The predicted octanol–water partition coefficient (Wildman–Crippen LogP) is 2.25. The Hall–Kier alpha value is -2.05. The molecule has 0 radical (unpaired) electrons. The molecule has 0 aliphatic heterocycles. The molecule has 2 unspecified atom stereocenters. The third-order valence-corrected chi connectivity index (χ3v) is 3.55. The third-order valence-electron chi connectivity index (χ3n) is 3.55. The standard InChI is InChI=1S/C14H23N3O4/c1-6-8(2)17(7-12(18)19)14(20)15-9(3)13-10(4)16-21-11(13)5/h8-9H,6-7H2,1-5H3,(H,15,20)(H,18,19). The molecule has 1 aromatic rings. The van der Waals surface area contributed by atoms with Crippen LogP contribution in [0.3, 0.4) is 0 Å². The molecule has 7 nitrogen and oxygen atoms in total. The quantitative estimate of drug-likeness (QED) is 0.839. The number of nitrogens with zero attached hydrogens (tertiary/aromatic N) is 2. The molecule has 2 N–H and O–H groups in total. The third kappa shape index (κ3) is 4.21. The number of carbonyl (C=O) groups is 2. The molecule has 0 aliphatic carbocycles. The van der Waals surface area contributed by atoms with E-state index in [2.05, 4.69) is 10.5 Å². The van der Waals surface area contributed by atoms with E-state index in [4.69, 9.17) is 9.63 Å². The molecule has 0 saturated heterocycles. The molecule has 0 aromatic carbocycles. The number of aromatic nitrogens is 1. The number of hydrogen-bond acceptors (Lipinski definition) is 4. The molecule has 1 aromatic heterocycles. The number of carboxylic acids is 1. The van der Waals surface area contributed by atoms with E-state index in [1.165, 1.54) is 4.90 Å². The number of nitrogens with one attached hydrogen (secondary N) is 1. The predicted molar refractivity (Wildman–Crippen MR) is 77.0 cm³/mol. The Balaban J connectivity index is 2.83. The summed E-state index contributed by atoms with van der Waals surface area (Å²) in [5.74, 6) is -0.385. The summed E-state index contributed by atoms with van der Waals surface area (Å²) >= 11 is 0. The van der Waals surface area contributed by atoms with Crippen molar-refractivity contribution in [2.24, 2.45) is 0 Å². The van der Waals surface area contributed by atoms with Crippen LogP contribution in [0.4, 0.5) is 4.79 Å². The second-order valence-corrected chi connectivity index (χ2v) is 5.19. The molecule has 0 fully saturated rings. The van der Waals surface area contributed by atoms with Gasteiger partial charge in [-0.15, -0.1) is 0 Å². The highest BCUT2D eigenvalue weighted by Gasteiger charge is 2.25. The first-order valence-electron chi connectivity index (χ1n) is 6.99. The Morgan fingerprint density at radius 2 is 2.00 bits per heavy atom. The van der Waals surface area contributed by atoms with Crippen LogP contribution in [0.2, 0.25) is 0 Å². The van der Waals surface area contributed by atoms with Crippen LogP contribution in [-0.2, 0) is 4.79 Å². The topological polar surface area (TPSA) is 95.7 Å². The van der Waals surface area contributed by atoms with Crippen LogP contribution < -0.4 is 5.32 Å². The van der Waals surface area contributed by atoms with Crippen molar-refractivity contribution in [3.63, 3.8) is 0 Å². The van der Waals surface area contributed by atoms with Gasteiger partial charge < -0.3 is 19.8 Å². The Morgan fingerprint density at radius 1 is 1.38 bits per heavy atom. The summed E-state index contributed by atoms with van der Waals surface area (Å²) in [5, 5.41) is 15.6. The molecule has 2 amide bonds. The van der Waals surface area contributed by atoms with Crippen molar-refractivity contribution in [3.05, 3.63) is 17.0 Å². The maximum Gasteiger partial charge on any atom is 0.323 e. The van der Waals surface area contributed by atoms with Gasteiger partial charge in [0.15, 0.2) is 0 Å². The Bertz CT molecular complexity index is 493. The average Bonchev–Trinajstić information content (AvgIpc) is 2.74. The molecule has 0 aliphatic rings. The number of rotatable bonds is 6. The highest BCUT2D eigenvalue weighted by atomic mass is 16.5. The van der Waals surface area contributed by atoms with Crippen molar-refractivity contribution >= 4 is 12.0 Å². The number of carbonyl (C=O) groups excluding carboxylic acids is 1. The lowest BCUT2D eigenvalue weighted by Crippen LogP contribution is -2.48. The van der Waals surface area contributed by atoms with Gasteiger partial charge in [-0.05, 0) is 34.1 Å². The number of amides is 2. The van der Waals surface area contributed by atoms with Crippen LogP contribution in [0.15, 0.2) is 4.52 Å². The van der Waals surface area contributed by atoms with Crippen molar-refractivity contribution in [1.82, 2.24) is 15.4 Å². The number of urea groups is 1. The highest BCUT2D eigenvalue weighted by Crippen LogP contribution is 2.21. The summed E-state index contributed by atoms with van der Waals surface area (Å²) in [6.45, 7) is 8.81. The first kappa shape index (κ1) is 17.0. The zero-order valence-electron chi connectivity index (χ0n) is 13.1. The van der Waals surface area contributed by atoms with Crippen molar-refractivity contribution in [2.45, 2.75) is 53.1 Å². The van der Waals surface area contributed by atoms with Gasteiger partial charge in [-0.25, -0.2) is 4.79 Å². The Morgan fingerprint density at radius 3 is 2.43 bits per heavy atom. The number of aryl methyl sites for hydroxylation is 2. The normalized spacial score (nSPS) is 13.6. The molecule has 1 heterocycles. The second-order valence-electron chi connectivity index (χ2n) is 5.19. The van der Waals surface area contributed by atoms with Gasteiger partial charge in [0.1, 0.15) is 12.3 Å². The average molecular weight is 297 g/mol. The fraction of sp³-hybridized carbons (Fsp3) is 0.643. The van der Waals surface area contributed by atoms with Crippen LogP contribution >= 0.6 is 0 Å². The summed E-state index contributed by atoms with van der Waals surface area (Å²) in [7, 11) is 0. The number of hydrogen-bond donors (Lipinski definition) is 2. The van der Waals surface area contributed by atoms with Gasteiger partial charge in [0.2, 0.25) is 0 Å². The van der Waals surface area contributed by atoms with Crippen molar-refractivity contribution in [1.29, 1.82) is 0 Å². The zero-order chi connectivity index (χ0) is 16.2. The van der Waals surface area contributed by atoms with E-state index >= 15 is 0 Å². The molecule has 1 rings (SSSR count). The van der Waals surface area contributed by atoms with E-state index in [0.29, 0.717) is 17.9 Å². The summed E-state index contributed by atoms with van der Waals surface area (Å²) < 4.78 is 5.08. The maximum absolute atomic E-state index is 12.3. The van der Waals surface area contributed by atoms with Crippen molar-refractivity contribution in [3.8, 4) is 0 Å². The summed E-state index contributed by atoms with van der Waals surface area (Å²) in [6.07, 6.45) is 0.681. The minimum absolute atomic E-state index is 0.155. The Labute approximate surface area is 124 Å². The fourth-order valence-electron chi connectivity index (χ4n) is 2.24. The molecule has 7 heteroatoms. The maximum atomic E-state index is 12.3. The van der Waals surface area contributed by atoms with Gasteiger partial charge in [0.05, 0.1) is 11.7 Å². The monoisotopic (exact) mass is 297 g/mol. The van der Waals surface area contributed by atoms with E-state index in [-0.39, 0.29) is 18.6 Å². The van der Waals surface area contributed by atoms with Gasteiger partial charge in [-0.3, -0.25) is 4.79 Å². The molecule has 2 atom stereocenters. The number of aliphatic carboxylic acids is 1. The SMILES string of the molecule is CCC(C)N(CC(=O)O)C(=O)NC(C)c1c(C)noc1C. The second kappa shape index (κ2) is 7.10. The minimum Gasteiger partial charge on any atom is -0.480 e. The van der Waals surface area contributed by atoms with E-state index in [1.54, 1.807) is 13.8 Å². The summed E-state index contributed by atoms with van der Waals surface area (Å²) in [5.41, 5.74) is 1.54. The molecular weight excluding hydrogens is 274 g/mol. The van der Waals surface area contributed by atoms with Crippen LogP contribution in [0, 0.1) is 13.8 Å². The fourth-order valence-corrected chi connectivity index (χ4v) is 2.24. The van der Waals surface area contributed by atoms with Crippen molar-refractivity contribution in [2.75, 3.05) is 6.54 Å².